The fourth-order valence-electron chi connectivity index (χ4n) is 2.97. The number of nitrogens with zero attached hydrogens (tertiary/aromatic N) is 2. The first-order chi connectivity index (χ1) is 11.3. The minimum absolute atomic E-state index is 0.366. The molecule has 0 radical (unpaired) electrons. The third-order valence-corrected chi connectivity index (χ3v) is 4.57. The van der Waals surface area contributed by atoms with Gasteiger partial charge in [-0.25, -0.2) is 0 Å². The highest BCUT2D eigenvalue weighted by molar-refractivity contribution is 5.53. The molecule has 4 rings (SSSR count). The summed E-state index contributed by atoms with van der Waals surface area (Å²) in [6.07, 6.45) is 8.38. The number of hydrogen-bond acceptors (Lipinski definition) is 4. The van der Waals surface area contributed by atoms with Crippen molar-refractivity contribution in [2.75, 3.05) is 18.7 Å². The highest BCUT2D eigenvalue weighted by Crippen LogP contribution is 2.28. The molecule has 1 aromatic carbocycles. The molecule has 0 bridgehead atoms. The zero-order chi connectivity index (χ0) is 15.6. The van der Waals surface area contributed by atoms with Gasteiger partial charge in [0.25, 0.3) is 0 Å². The minimum Gasteiger partial charge on any atom is -0.378 e. The summed E-state index contributed by atoms with van der Waals surface area (Å²) < 4.78 is 5.74. The number of hydrogen-bond donors (Lipinski definition) is 1. The van der Waals surface area contributed by atoms with Crippen LogP contribution in [0.25, 0.3) is 0 Å². The summed E-state index contributed by atoms with van der Waals surface area (Å²) in [7, 11) is 2.05. The van der Waals surface area contributed by atoms with Gasteiger partial charge in [0.2, 0.25) is 0 Å². The molecule has 0 unspecified atom stereocenters. The molecule has 1 atom stereocenters. The van der Waals surface area contributed by atoms with Crippen LogP contribution in [0.4, 0.5) is 5.69 Å². The third kappa shape index (κ3) is 3.52. The smallest absolute Gasteiger partial charge is 0.0631 e. The second kappa shape index (κ2) is 6.27. The molecule has 0 aromatic heterocycles. The van der Waals surface area contributed by atoms with Crippen molar-refractivity contribution in [2.24, 2.45) is 5.92 Å². The summed E-state index contributed by atoms with van der Waals surface area (Å²) in [5, 5.41) is 4.13. The van der Waals surface area contributed by atoms with Gasteiger partial charge in [-0.05, 0) is 49.9 Å². The van der Waals surface area contributed by atoms with E-state index < -0.39 is 0 Å². The van der Waals surface area contributed by atoms with Crippen LogP contribution < -0.4 is 10.5 Å². The second-order valence-corrected chi connectivity index (χ2v) is 6.58. The van der Waals surface area contributed by atoms with E-state index in [4.69, 9.17) is 4.74 Å². The number of nitrogens with one attached hydrogen (secondary N) is 1. The molecule has 23 heavy (non-hydrogen) atoms. The first-order valence-electron chi connectivity index (χ1n) is 8.51. The maximum Gasteiger partial charge on any atom is 0.0631 e. The molecule has 4 nitrogen and oxygen atoms in total. The Kier molecular flexibility index (Phi) is 3.99. The maximum atomic E-state index is 5.74. The number of rotatable bonds is 3. The van der Waals surface area contributed by atoms with E-state index in [1.54, 1.807) is 0 Å². The summed E-state index contributed by atoms with van der Waals surface area (Å²) in [5.74, 6) is 7.21. The predicted octanol–water partition coefficient (Wildman–Crippen LogP) is 3.03. The lowest BCUT2D eigenvalue weighted by Crippen LogP contribution is -2.38. The van der Waals surface area contributed by atoms with Gasteiger partial charge >= 0.3 is 0 Å². The minimum atomic E-state index is 0.366. The molecule has 1 saturated heterocycles. The fourth-order valence-corrected chi connectivity index (χ4v) is 2.97. The van der Waals surface area contributed by atoms with E-state index in [0.29, 0.717) is 12.0 Å². The number of hydrazine groups is 2. The molecular weight excluding hydrogens is 286 g/mol. The molecule has 2 fully saturated rings. The van der Waals surface area contributed by atoms with Crippen molar-refractivity contribution in [2.45, 2.75) is 38.2 Å². The van der Waals surface area contributed by atoms with Crippen molar-refractivity contribution in [1.29, 1.82) is 0 Å². The summed E-state index contributed by atoms with van der Waals surface area (Å²) >= 11 is 0. The van der Waals surface area contributed by atoms with E-state index in [-0.39, 0.29) is 0 Å². The largest absolute Gasteiger partial charge is 0.378 e. The lowest BCUT2D eigenvalue weighted by atomic mass is 10.1. The third-order valence-electron chi connectivity index (χ3n) is 4.57. The van der Waals surface area contributed by atoms with E-state index in [1.807, 2.05) is 0 Å². The molecule has 3 aliphatic rings. The second-order valence-electron chi connectivity index (χ2n) is 6.58. The Bertz CT molecular complexity index is 645. The SMILES string of the molecule is CN1NN(c2ccc(C#CC3CC3)cc2)C=C1C[C@H]1CCCO1. The van der Waals surface area contributed by atoms with Gasteiger partial charge in [0.15, 0.2) is 0 Å². The molecule has 1 N–H and O–H groups in total. The van der Waals surface area contributed by atoms with Crippen LogP contribution in [0.5, 0.6) is 0 Å². The molecule has 2 heterocycles. The molecule has 1 aromatic rings. The highest BCUT2D eigenvalue weighted by Gasteiger charge is 2.24. The van der Waals surface area contributed by atoms with Gasteiger partial charge in [-0.15, -0.1) is 5.53 Å². The van der Waals surface area contributed by atoms with Gasteiger partial charge in [0.1, 0.15) is 0 Å². The first-order valence-corrected chi connectivity index (χ1v) is 8.51. The zero-order valence-corrected chi connectivity index (χ0v) is 13.6. The van der Waals surface area contributed by atoms with E-state index in [0.717, 1.165) is 24.3 Å². The van der Waals surface area contributed by atoms with E-state index >= 15 is 0 Å². The Hall–Kier alpha value is -1.96. The van der Waals surface area contributed by atoms with Crippen LogP contribution in [-0.2, 0) is 4.74 Å². The van der Waals surface area contributed by atoms with Crippen LogP contribution in [0.2, 0.25) is 0 Å². The summed E-state index contributed by atoms with van der Waals surface area (Å²) in [6, 6.07) is 8.42. The Morgan fingerprint density at radius 1 is 1.22 bits per heavy atom. The molecule has 120 valence electrons. The molecule has 1 aliphatic carbocycles. The molecule has 2 aliphatic heterocycles. The molecule has 0 spiro atoms. The van der Waals surface area contributed by atoms with Crippen molar-refractivity contribution in [3.8, 4) is 11.8 Å². The fraction of sp³-hybridized carbons (Fsp3) is 0.474. The van der Waals surface area contributed by atoms with Gasteiger partial charge in [0.05, 0.1) is 17.5 Å². The predicted molar refractivity (Wildman–Crippen MR) is 91.1 cm³/mol. The van der Waals surface area contributed by atoms with E-state index in [9.17, 15) is 0 Å². The van der Waals surface area contributed by atoms with Crippen LogP contribution >= 0.6 is 0 Å². The van der Waals surface area contributed by atoms with Crippen molar-refractivity contribution in [1.82, 2.24) is 10.5 Å². The summed E-state index contributed by atoms with van der Waals surface area (Å²) in [4.78, 5) is 0. The summed E-state index contributed by atoms with van der Waals surface area (Å²) in [6.45, 7) is 0.905. The standard InChI is InChI=1S/C19H23N3O/c1-21-18(13-19-3-2-12-23-19)14-22(20-21)17-10-8-16(9-11-17)7-6-15-4-5-15/h8-11,14-15,19-20H,2-5,12-13H2,1H3/t19-/m1/s1. The van der Waals surface area contributed by atoms with Crippen LogP contribution in [0, 0.1) is 17.8 Å². The van der Waals surface area contributed by atoms with Crippen molar-refractivity contribution in [3.05, 3.63) is 41.7 Å². The van der Waals surface area contributed by atoms with Crippen LogP contribution in [0.3, 0.4) is 0 Å². The Labute approximate surface area is 138 Å². The summed E-state index contributed by atoms with van der Waals surface area (Å²) in [5.41, 5.74) is 6.83. The van der Waals surface area contributed by atoms with E-state index in [2.05, 4.69) is 64.9 Å². The lowest BCUT2D eigenvalue weighted by Gasteiger charge is -2.21. The Balaban J connectivity index is 1.43. The van der Waals surface area contributed by atoms with Crippen LogP contribution in [0.1, 0.15) is 37.7 Å². The molecule has 0 amide bonds. The quantitative estimate of drug-likeness (QED) is 0.869. The van der Waals surface area contributed by atoms with Gasteiger partial charge in [0, 0.05) is 37.8 Å². The Morgan fingerprint density at radius 2 is 2.04 bits per heavy atom. The van der Waals surface area contributed by atoms with Crippen LogP contribution in [-0.4, -0.2) is 24.8 Å². The number of anilines is 1. The average molecular weight is 309 g/mol. The van der Waals surface area contributed by atoms with Gasteiger partial charge in [-0.3, -0.25) is 10.0 Å². The first kappa shape index (κ1) is 14.6. The van der Waals surface area contributed by atoms with Gasteiger partial charge in [-0.1, -0.05) is 11.8 Å². The highest BCUT2D eigenvalue weighted by atomic mass is 16.5. The Morgan fingerprint density at radius 3 is 2.74 bits per heavy atom. The average Bonchev–Trinajstić information content (AvgIpc) is 3.13. The van der Waals surface area contributed by atoms with Gasteiger partial charge < -0.3 is 4.74 Å². The van der Waals surface area contributed by atoms with Crippen molar-refractivity contribution in [3.63, 3.8) is 0 Å². The number of benzene rings is 1. The molecular formula is C19H23N3O. The lowest BCUT2D eigenvalue weighted by molar-refractivity contribution is 0.104. The van der Waals surface area contributed by atoms with Crippen LogP contribution in [0.15, 0.2) is 36.2 Å². The van der Waals surface area contributed by atoms with Crippen molar-refractivity contribution >= 4 is 5.69 Å². The monoisotopic (exact) mass is 309 g/mol. The zero-order valence-electron chi connectivity index (χ0n) is 13.6. The van der Waals surface area contributed by atoms with Crippen molar-refractivity contribution < 1.29 is 4.74 Å². The number of ether oxygens (including phenoxy) is 1. The molecule has 1 saturated carbocycles. The normalized spacial score (nSPS) is 23.7. The topological polar surface area (TPSA) is 27.7 Å². The van der Waals surface area contributed by atoms with Gasteiger partial charge in [-0.2, -0.15) is 0 Å². The molecule has 4 heteroatoms. The van der Waals surface area contributed by atoms with E-state index in [1.165, 1.54) is 31.4 Å². The maximum absolute atomic E-state index is 5.74.